The van der Waals surface area contributed by atoms with Gasteiger partial charge in [0.05, 0.1) is 26.4 Å². The molecule has 8 nitrogen and oxygen atoms in total. The molecule has 0 rings (SSSR count). The first-order valence-electron chi connectivity index (χ1n) is 8.30. The fourth-order valence-electron chi connectivity index (χ4n) is 1.67. The monoisotopic (exact) mass is 320 g/mol. The zero-order valence-corrected chi connectivity index (χ0v) is 13.9. The van der Waals surface area contributed by atoms with Crippen molar-refractivity contribution >= 4 is 0 Å². The maximum Gasteiger partial charge on any atom is 0.0701 e. The van der Waals surface area contributed by atoms with E-state index < -0.39 is 0 Å². The van der Waals surface area contributed by atoms with E-state index in [0.717, 1.165) is 52.4 Å². The van der Waals surface area contributed by atoms with E-state index in [9.17, 15) is 0 Å². The lowest BCUT2D eigenvalue weighted by Gasteiger charge is -2.08. The molecule has 0 bridgehead atoms. The molecular formula is C14H36N6O2. The first-order chi connectivity index (χ1) is 10.9. The van der Waals surface area contributed by atoms with Crippen LogP contribution in [0.4, 0.5) is 0 Å². The van der Waals surface area contributed by atoms with Crippen LogP contribution in [0, 0.1) is 0 Å². The van der Waals surface area contributed by atoms with Gasteiger partial charge in [0, 0.05) is 65.4 Å². The summed E-state index contributed by atoms with van der Waals surface area (Å²) in [4.78, 5) is 0. The number of nitrogens with one attached hydrogen (secondary N) is 4. The third-order valence-corrected chi connectivity index (χ3v) is 2.82. The Balaban J connectivity index is 2.91. The molecule has 8 N–H and O–H groups in total. The van der Waals surface area contributed by atoms with Gasteiger partial charge in [0.25, 0.3) is 0 Å². The molecule has 0 aliphatic heterocycles. The van der Waals surface area contributed by atoms with Gasteiger partial charge >= 0.3 is 0 Å². The number of ether oxygens (including phenoxy) is 2. The molecule has 0 aromatic carbocycles. The summed E-state index contributed by atoms with van der Waals surface area (Å²) < 4.78 is 10.9. The van der Waals surface area contributed by atoms with Crippen molar-refractivity contribution in [3.63, 3.8) is 0 Å². The predicted octanol–water partition coefficient (Wildman–Crippen LogP) is -2.70. The minimum atomic E-state index is 0.644. The lowest BCUT2D eigenvalue weighted by Crippen LogP contribution is -2.32. The van der Waals surface area contributed by atoms with Gasteiger partial charge in [-0.2, -0.15) is 0 Å². The van der Waals surface area contributed by atoms with Crippen molar-refractivity contribution in [2.75, 3.05) is 91.9 Å². The molecule has 0 saturated carbocycles. The molecule has 0 atom stereocenters. The highest BCUT2D eigenvalue weighted by atomic mass is 16.5. The van der Waals surface area contributed by atoms with Crippen LogP contribution in [0.25, 0.3) is 0 Å². The van der Waals surface area contributed by atoms with Crippen LogP contribution in [0.2, 0.25) is 0 Å². The van der Waals surface area contributed by atoms with Gasteiger partial charge in [-0.3, -0.25) is 0 Å². The van der Waals surface area contributed by atoms with Gasteiger partial charge in [0.15, 0.2) is 0 Å². The number of hydrogen-bond acceptors (Lipinski definition) is 8. The summed E-state index contributed by atoms with van der Waals surface area (Å²) in [5.74, 6) is 0. The fourth-order valence-corrected chi connectivity index (χ4v) is 1.67. The van der Waals surface area contributed by atoms with Crippen LogP contribution < -0.4 is 32.7 Å². The Morgan fingerprint density at radius 1 is 0.455 bits per heavy atom. The number of hydrogen-bond donors (Lipinski definition) is 6. The average molecular weight is 320 g/mol. The topological polar surface area (TPSA) is 119 Å². The molecule has 8 heteroatoms. The zero-order valence-electron chi connectivity index (χ0n) is 13.9. The molecular weight excluding hydrogens is 284 g/mol. The Hall–Kier alpha value is -0.320. The van der Waals surface area contributed by atoms with Crippen molar-refractivity contribution < 1.29 is 9.47 Å². The molecule has 0 unspecified atom stereocenters. The van der Waals surface area contributed by atoms with Gasteiger partial charge in [0.1, 0.15) is 0 Å². The zero-order chi connectivity index (χ0) is 16.1. The first kappa shape index (κ1) is 21.7. The molecule has 0 aromatic heterocycles. The summed E-state index contributed by atoms with van der Waals surface area (Å²) in [6, 6.07) is 0. The number of nitrogens with two attached hydrogens (primary N) is 2. The molecule has 0 spiro atoms. The van der Waals surface area contributed by atoms with E-state index in [4.69, 9.17) is 20.9 Å². The quantitative estimate of drug-likeness (QED) is 0.142. The van der Waals surface area contributed by atoms with E-state index in [0.29, 0.717) is 39.5 Å². The first-order valence-corrected chi connectivity index (χ1v) is 8.30. The average Bonchev–Trinajstić information content (AvgIpc) is 2.54. The summed E-state index contributed by atoms with van der Waals surface area (Å²) in [6.07, 6.45) is 0. The molecule has 0 heterocycles. The van der Waals surface area contributed by atoms with Gasteiger partial charge in [-0.1, -0.05) is 0 Å². The van der Waals surface area contributed by atoms with Crippen molar-refractivity contribution in [1.29, 1.82) is 0 Å². The Morgan fingerprint density at radius 3 is 1.18 bits per heavy atom. The normalized spacial score (nSPS) is 11.2. The Bertz CT molecular complexity index is 180. The maximum atomic E-state index is 5.46. The van der Waals surface area contributed by atoms with Gasteiger partial charge < -0.3 is 42.2 Å². The largest absolute Gasteiger partial charge is 0.378 e. The van der Waals surface area contributed by atoms with Crippen molar-refractivity contribution in [2.45, 2.75) is 0 Å². The summed E-state index contributed by atoms with van der Waals surface area (Å²) in [5.41, 5.74) is 10.7. The molecule has 0 fully saturated rings. The van der Waals surface area contributed by atoms with E-state index in [1.165, 1.54) is 0 Å². The van der Waals surface area contributed by atoms with Crippen LogP contribution >= 0.6 is 0 Å². The second-order valence-electron chi connectivity index (χ2n) is 4.80. The molecule has 22 heavy (non-hydrogen) atoms. The standard InChI is InChI=1S/C14H36N6O2/c15-1-3-17-5-7-19-9-11-21-13-14-22-12-10-20-8-6-18-4-2-16/h17-20H,1-16H2. The Kier molecular flexibility index (Phi) is 20.4. The predicted molar refractivity (Wildman–Crippen MR) is 91.2 cm³/mol. The van der Waals surface area contributed by atoms with Crippen LogP contribution in [0.5, 0.6) is 0 Å². The van der Waals surface area contributed by atoms with E-state index >= 15 is 0 Å². The summed E-state index contributed by atoms with van der Waals surface area (Å²) >= 11 is 0. The summed E-state index contributed by atoms with van der Waals surface area (Å²) in [7, 11) is 0. The van der Waals surface area contributed by atoms with Crippen LogP contribution in [-0.4, -0.2) is 91.9 Å². The lowest BCUT2D eigenvalue weighted by molar-refractivity contribution is 0.0500. The highest BCUT2D eigenvalue weighted by molar-refractivity contribution is 4.53. The maximum absolute atomic E-state index is 5.46. The number of rotatable bonds is 19. The Morgan fingerprint density at radius 2 is 0.818 bits per heavy atom. The van der Waals surface area contributed by atoms with Gasteiger partial charge in [0.2, 0.25) is 0 Å². The Labute approximate surface area is 135 Å². The van der Waals surface area contributed by atoms with E-state index in [1.807, 2.05) is 0 Å². The van der Waals surface area contributed by atoms with E-state index in [1.54, 1.807) is 0 Å². The summed E-state index contributed by atoms with van der Waals surface area (Å²) in [5, 5.41) is 13.0. The molecule has 0 saturated heterocycles. The SMILES string of the molecule is NCCNCCNCCOCCOCCNCCNCCN. The van der Waals surface area contributed by atoms with Gasteiger partial charge in [-0.05, 0) is 0 Å². The molecule has 0 aliphatic rings. The minimum Gasteiger partial charge on any atom is -0.378 e. The second-order valence-corrected chi connectivity index (χ2v) is 4.80. The molecule has 0 radical (unpaired) electrons. The van der Waals surface area contributed by atoms with Gasteiger partial charge in [-0.25, -0.2) is 0 Å². The third-order valence-electron chi connectivity index (χ3n) is 2.82. The van der Waals surface area contributed by atoms with Crippen molar-refractivity contribution in [1.82, 2.24) is 21.3 Å². The van der Waals surface area contributed by atoms with Crippen LogP contribution in [0.3, 0.4) is 0 Å². The highest BCUT2D eigenvalue weighted by Crippen LogP contribution is 1.78. The lowest BCUT2D eigenvalue weighted by atomic mass is 10.5. The summed E-state index contributed by atoms with van der Waals surface area (Å²) in [6.45, 7) is 11.3. The van der Waals surface area contributed by atoms with Crippen molar-refractivity contribution in [2.24, 2.45) is 11.5 Å². The van der Waals surface area contributed by atoms with Crippen LogP contribution in [-0.2, 0) is 9.47 Å². The molecule has 0 aliphatic carbocycles. The van der Waals surface area contributed by atoms with Crippen LogP contribution in [0.1, 0.15) is 0 Å². The van der Waals surface area contributed by atoms with Crippen LogP contribution in [0.15, 0.2) is 0 Å². The molecule has 0 amide bonds. The fraction of sp³-hybridized carbons (Fsp3) is 1.00. The minimum absolute atomic E-state index is 0.644. The molecule has 134 valence electrons. The highest BCUT2D eigenvalue weighted by Gasteiger charge is 1.92. The van der Waals surface area contributed by atoms with Crippen molar-refractivity contribution in [3.05, 3.63) is 0 Å². The van der Waals surface area contributed by atoms with Crippen molar-refractivity contribution in [3.8, 4) is 0 Å². The van der Waals surface area contributed by atoms with Gasteiger partial charge in [-0.15, -0.1) is 0 Å². The third kappa shape index (κ3) is 19.7. The smallest absolute Gasteiger partial charge is 0.0701 e. The van der Waals surface area contributed by atoms with E-state index in [-0.39, 0.29) is 0 Å². The molecule has 0 aromatic rings. The van der Waals surface area contributed by atoms with E-state index in [2.05, 4.69) is 21.3 Å². The second kappa shape index (κ2) is 20.7.